The second-order valence-electron chi connectivity index (χ2n) is 15.7. The van der Waals surface area contributed by atoms with Crippen LogP contribution in [0.15, 0.2) is 36.4 Å². The van der Waals surface area contributed by atoms with Crippen molar-refractivity contribution in [2.24, 2.45) is 5.73 Å². The molecule has 2 N–H and O–H groups in total. The fourth-order valence-corrected chi connectivity index (χ4v) is 8.53. The first-order valence-electron chi connectivity index (χ1n) is 23.3. The first-order valence-corrected chi connectivity index (χ1v) is 25.1. The number of unbranched alkanes of at least 4 members (excludes halogenated alkanes) is 18. The van der Waals surface area contributed by atoms with Crippen LogP contribution in [0.5, 0.6) is 17.2 Å². The van der Waals surface area contributed by atoms with Gasteiger partial charge in [-0.1, -0.05) is 129 Å². The molecule has 0 saturated heterocycles. The van der Waals surface area contributed by atoms with Crippen molar-refractivity contribution in [3.63, 3.8) is 0 Å². The topological polar surface area (TPSA) is 168 Å². The van der Waals surface area contributed by atoms with Crippen LogP contribution in [0.25, 0.3) is 0 Å². The molecule has 0 aliphatic carbocycles. The molecule has 0 spiro atoms. The first-order chi connectivity index (χ1) is 29.6. The van der Waals surface area contributed by atoms with Gasteiger partial charge in [-0.2, -0.15) is 0 Å². The number of carbonyl (C=O) groups excluding carboxylic acids is 1. The standard InChI is InChI=1S/C47H79N2O11P/c1-5-9-11-13-15-17-19-21-23-25-29-54-43-33-40(34-44(37-43)55-30-26-24-22-20-18-16-14-12-10-6-2)38-57-42-27-28-46(49(51)52)41(35-42)36-45(39-58-47(48)50)56-31-32-61(53,59-7-3)60-8-4/h27-28,33-35,37,45H,5-26,29-32,36,38-39H2,1-4H3,(H2,48,50). The maximum atomic E-state index is 13.0. The van der Waals surface area contributed by atoms with Gasteiger partial charge in [0.05, 0.1) is 50.2 Å². The molecule has 0 radical (unpaired) electrons. The lowest BCUT2D eigenvalue weighted by Crippen LogP contribution is -2.28. The highest BCUT2D eigenvalue weighted by molar-refractivity contribution is 7.53. The average Bonchev–Trinajstić information content (AvgIpc) is 3.23. The largest absolute Gasteiger partial charge is 0.493 e. The maximum absolute atomic E-state index is 13.0. The molecule has 61 heavy (non-hydrogen) atoms. The van der Waals surface area contributed by atoms with Crippen LogP contribution in [0.4, 0.5) is 10.5 Å². The van der Waals surface area contributed by atoms with Crippen molar-refractivity contribution in [1.29, 1.82) is 0 Å². The van der Waals surface area contributed by atoms with E-state index in [0.717, 1.165) is 31.2 Å². The Kier molecular flexibility index (Phi) is 30.1. The van der Waals surface area contributed by atoms with Crippen LogP contribution in [0.1, 0.15) is 167 Å². The molecule has 0 heterocycles. The lowest BCUT2D eigenvalue weighted by molar-refractivity contribution is -0.385. The predicted molar refractivity (Wildman–Crippen MR) is 243 cm³/mol. The molecule has 1 unspecified atom stereocenters. The van der Waals surface area contributed by atoms with E-state index in [1.165, 1.54) is 109 Å². The minimum absolute atomic E-state index is 0.0202. The fraction of sp³-hybridized carbons (Fsp3) is 0.723. The van der Waals surface area contributed by atoms with Gasteiger partial charge in [0.15, 0.2) is 0 Å². The van der Waals surface area contributed by atoms with Gasteiger partial charge in [0.25, 0.3) is 5.69 Å². The third-order valence-electron chi connectivity index (χ3n) is 10.4. The Hall–Kier alpha value is -3.38. The summed E-state index contributed by atoms with van der Waals surface area (Å²) in [5, 5.41) is 12.1. The highest BCUT2D eigenvalue weighted by Gasteiger charge is 2.26. The van der Waals surface area contributed by atoms with E-state index in [-0.39, 0.29) is 51.3 Å². The number of hydrogen-bond donors (Lipinski definition) is 1. The summed E-state index contributed by atoms with van der Waals surface area (Å²) in [7, 11) is -3.41. The van der Waals surface area contributed by atoms with Crippen molar-refractivity contribution in [2.45, 2.75) is 175 Å². The molecule has 0 fully saturated rings. The van der Waals surface area contributed by atoms with Crippen molar-refractivity contribution in [2.75, 3.05) is 45.8 Å². The van der Waals surface area contributed by atoms with Gasteiger partial charge in [0.1, 0.15) is 30.5 Å². The van der Waals surface area contributed by atoms with Gasteiger partial charge in [-0.25, -0.2) is 4.79 Å². The number of nitrogens with two attached hydrogens (primary N) is 1. The summed E-state index contributed by atoms with van der Waals surface area (Å²) in [6.07, 6.45) is 23.1. The molecule has 0 aliphatic heterocycles. The van der Waals surface area contributed by atoms with Crippen molar-refractivity contribution >= 4 is 19.4 Å². The van der Waals surface area contributed by atoms with E-state index in [1.54, 1.807) is 26.0 Å². The summed E-state index contributed by atoms with van der Waals surface area (Å²) >= 11 is 0. The predicted octanol–water partition coefficient (Wildman–Crippen LogP) is 13.1. The Morgan fingerprint density at radius 1 is 0.656 bits per heavy atom. The van der Waals surface area contributed by atoms with Crippen molar-refractivity contribution < 1.29 is 47.0 Å². The number of carbonyl (C=O) groups is 1. The number of nitrogens with zero attached hydrogens (tertiary/aromatic N) is 1. The monoisotopic (exact) mass is 879 g/mol. The van der Waals surface area contributed by atoms with Crippen LogP contribution >= 0.6 is 7.60 Å². The normalized spacial score (nSPS) is 12.0. The second-order valence-corrected chi connectivity index (χ2v) is 17.9. The quantitative estimate of drug-likeness (QED) is 0.0293. The Morgan fingerprint density at radius 3 is 1.61 bits per heavy atom. The van der Waals surface area contributed by atoms with E-state index in [1.807, 2.05) is 18.2 Å². The first kappa shape index (κ1) is 53.8. The van der Waals surface area contributed by atoms with Crippen LogP contribution in [-0.4, -0.2) is 62.9 Å². The molecule has 2 rings (SSSR count). The highest BCUT2D eigenvalue weighted by Crippen LogP contribution is 2.47. The van der Waals surface area contributed by atoms with Gasteiger partial charge in [-0.05, 0) is 56.5 Å². The van der Waals surface area contributed by atoms with Gasteiger partial charge in [0, 0.05) is 24.1 Å². The summed E-state index contributed by atoms with van der Waals surface area (Å²) in [5.41, 5.74) is 6.21. The number of hydrogen-bond acceptors (Lipinski definition) is 11. The smallest absolute Gasteiger partial charge is 0.404 e. The molecule has 1 amide bonds. The van der Waals surface area contributed by atoms with Crippen LogP contribution in [0.3, 0.4) is 0 Å². The maximum Gasteiger partial charge on any atom is 0.404 e. The molecule has 1 atom stereocenters. The number of ether oxygens (including phenoxy) is 5. The Bertz CT molecular complexity index is 1460. The number of nitro benzene ring substituents is 1. The Morgan fingerprint density at radius 2 is 1.15 bits per heavy atom. The highest BCUT2D eigenvalue weighted by atomic mass is 31.2. The van der Waals surface area contributed by atoms with Crippen LogP contribution in [0.2, 0.25) is 0 Å². The van der Waals surface area contributed by atoms with Gasteiger partial charge in [-0.15, -0.1) is 0 Å². The van der Waals surface area contributed by atoms with E-state index in [9.17, 15) is 19.5 Å². The summed E-state index contributed by atoms with van der Waals surface area (Å²) < 4.78 is 53.3. The zero-order chi connectivity index (χ0) is 44.4. The summed E-state index contributed by atoms with van der Waals surface area (Å²) in [4.78, 5) is 23.1. The average molecular weight is 879 g/mol. The van der Waals surface area contributed by atoms with Gasteiger partial charge >= 0.3 is 13.7 Å². The van der Waals surface area contributed by atoms with Crippen LogP contribution in [0, 0.1) is 10.1 Å². The van der Waals surface area contributed by atoms with E-state index >= 15 is 0 Å². The lowest BCUT2D eigenvalue weighted by Gasteiger charge is -2.21. The molecule has 2 aromatic carbocycles. The molecule has 14 heteroatoms. The third kappa shape index (κ3) is 26.0. The summed E-state index contributed by atoms with van der Waals surface area (Å²) in [6, 6.07) is 10.3. The third-order valence-corrected chi connectivity index (χ3v) is 12.4. The molecule has 2 aromatic rings. The van der Waals surface area contributed by atoms with Crippen LogP contribution < -0.4 is 19.9 Å². The van der Waals surface area contributed by atoms with Gasteiger partial charge in [0.2, 0.25) is 0 Å². The molecule has 13 nitrogen and oxygen atoms in total. The van der Waals surface area contributed by atoms with Crippen molar-refractivity contribution in [3.05, 3.63) is 57.6 Å². The van der Waals surface area contributed by atoms with E-state index < -0.39 is 24.7 Å². The van der Waals surface area contributed by atoms with Gasteiger partial charge < -0.3 is 38.5 Å². The van der Waals surface area contributed by atoms with Crippen LogP contribution in [-0.2, 0) is 36.1 Å². The molecular weight excluding hydrogens is 799 g/mol. The zero-order valence-electron chi connectivity index (χ0n) is 38.0. The molecule has 0 aliphatic rings. The lowest BCUT2D eigenvalue weighted by atomic mass is 10.1. The summed E-state index contributed by atoms with van der Waals surface area (Å²) in [6.45, 7) is 9.33. The number of nitro groups is 1. The number of amides is 1. The van der Waals surface area contributed by atoms with Gasteiger partial charge in [-0.3, -0.25) is 14.7 Å². The molecular formula is C47H79N2O11P. The second kappa shape index (κ2) is 34.1. The minimum Gasteiger partial charge on any atom is -0.493 e. The number of primary amides is 1. The van der Waals surface area contributed by atoms with E-state index in [4.69, 9.17) is 38.5 Å². The molecule has 0 bridgehead atoms. The molecule has 0 aromatic heterocycles. The van der Waals surface area contributed by atoms with E-state index in [2.05, 4.69) is 13.8 Å². The molecule has 348 valence electrons. The summed E-state index contributed by atoms with van der Waals surface area (Å²) in [5.74, 6) is 1.83. The fourth-order valence-electron chi connectivity index (χ4n) is 7.08. The number of benzene rings is 2. The SMILES string of the molecule is CCCCCCCCCCCCOc1cc(COc2ccc([N+](=O)[O-])c(CC(COC(N)=O)OCCP(=O)(OCC)OCC)c2)cc(OCCCCCCCCCCCC)c1. The molecule has 0 saturated carbocycles. The minimum atomic E-state index is -3.41. The number of rotatable bonds is 40. The Balaban J connectivity index is 2.10. The Labute approximate surface area is 367 Å². The van der Waals surface area contributed by atoms with Crippen molar-refractivity contribution in [1.82, 2.24) is 0 Å². The zero-order valence-corrected chi connectivity index (χ0v) is 38.9. The van der Waals surface area contributed by atoms with Crippen molar-refractivity contribution in [3.8, 4) is 17.2 Å². The van der Waals surface area contributed by atoms with E-state index in [0.29, 0.717) is 36.0 Å².